The number of nitrogens with one attached hydrogen (secondary N) is 3. The summed E-state index contributed by atoms with van der Waals surface area (Å²) in [5.41, 5.74) is 2.69. The summed E-state index contributed by atoms with van der Waals surface area (Å²) in [6.07, 6.45) is 10.8. The van der Waals surface area contributed by atoms with Crippen molar-refractivity contribution in [2.75, 3.05) is 50.1 Å². The highest BCUT2D eigenvalue weighted by molar-refractivity contribution is 7.71. The molecule has 0 bridgehead atoms. The number of hydrogen-bond donors (Lipinski definition) is 3. The normalized spacial score (nSPS) is 20.3. The number of nitrogens with zero attached hydrogens (tertiary/aromatic N) is 7. The van der Waals surface area contributed by atoms with E-state index in [-0.39, 0.29) is 0 Å². The minimum absolute atomic E-state index is 0.340. The third-order valence-corrected chi connectivity index (χ3v) is 8.94. The fourth-order valence-electron chi connectivity index (χ4n) is 5.16. The number of fused-ring (bicyclic) bond motifs is 1. The summed E-state index contributed by atoms with van der Waals surface area (Å²) < 4.78 is 15.3. The minimum atomic E-state index is -2.72. The lowest BCUT2D eigenvalue weighted by molar-refractivity contribution is 0.0674. The Bertz CT molecular complexity index is 1510. The van der Waals surface area contributed by atoms with E-state index in [1.807, 2.05) is 23.0 Å². The standard InChI is InChI=1S/C25H30ClN10OP/c1-38(2,37)23-21(4-3-20-22(23)29-6-5-28-20)33-24-19(26)14-30-25(34-24)32-16-13-31-36(15-16)18-11-17(12-18)35-9-7-27-8-10-35/h3-6,13-15,17-18,27H,7-12H2,1-2H3,(H2,30,32,33,34). The van der Waals surface area contributed by atoms with Crippen LogP contribution in [0.5, 0.6) is 0 Å². The predicted molar refractivity (Wildman–Crippen MR) is 151 cm³/mol. The second-order valence-electron chi connectivity index (χ2n) is 10.2. The molecule has 0 radical (unpaired) electrons. The lowest BCUT2D eigenvalue weighted by Crippen LogP contribution is -2.53. The number of benzene rings is 1. The smallest absolute Gasteiger partial charge is 0.229 e. The van der Waals surface area contributed by atoms with Crippen LogP contribution in [0.2, 0.25) is 5.02 Å². The third-order valence-electron chi connectivity index (χ3n) is 7.14. The van der Waals surface area contributed by atoms with Crippen LogP contribution in [-0.4, -0.2) is 80.2 Å². The Balaban J connectivity index is 1.18. The number of aromatic nitrogens is 6. The number of hydrogen-bond acceptors (Lipinski definition) is 10. The summed E-state index contributed by atoms with van der Waals surface area (Å²) in [5.74, 6) is 0.773. The fraction of sp³-hybridized carbons (Fsp3) is 0.400. The second kappa shape index (κ2) is 10.2. The molecule has 1 saturated carbocycles. The summed E-state index contributed by atoms with van der Waals surface area (Å²) in [6.45, 7) is 7.80. The first kappa shape index (κ1) is 25.2. The second-order valence-corrected chi connectivity index (χ2v) is 13.7. The van der Waals surface area contributed by atoms with Crippen LogP contribution in [0.4, 0.5) is 23.1 Å². The van der Waals surface area contributed by atoms with Gasteiger partial charge in [-0.3, -0.25) is 19.5 Å². The van der Waals surface area contributed by atoms with Crippen molar-refractivity contribution in [1.82, 2.24) is 39.9 Å². The molecule has 38 heavy (non-hydrogen) atoms. The van der Waals surface area contributed by atoms with Gasteiger partial charge in [-0.15, -0.1) is 0 Å². The van der Waals surface area contributed by atoms with Gasteiger partial charge in [-0.25, -0.2) is 4.98 Å². The third kappa shape index (κ3) is 5.11. The largest absolute Gasteiger partial charge is 0.338 e. The van der Waals surface area contributed by atoms with Crippen molar-refractivity contribution in [3.8, 4) is 0 Å². The quantitative estimate of drug-likeness (QED) is 0.293. The van der Waals surface area contributed by atoms with Gasteiger partial charge in [0.2, 0.25) is 5.95 Å². The molecule has 13 heteroatoms. The summed E-state index contributed by atoms with van der Waals surface area (Å²) in [4.78, 5) is 20.3. The maximum Gasteiger partial charge on any atom is 0.229 e. The zero-order valence-electron chi connectivity index (χ0n) is 21.3. The van der Waals surface area contributed by atoms with Gasteiger partial charge in [0.15, 0.2) is 5.82 Å². The van der Waals surface area contributed by atoms with Crippen molar-refractivity contribution in [1.29, 1.82) is 0 Å². The monoisotopic (exact) mass is 552 g/mol. The van der Waals surface area contributed by atoms with E-state index in [2.05, 4.69) is 45.9 Å². The highest BCUT2D eigenvalue weighted by Gasteiger charge is 2.35. The van der Waals surface area contributed by atoms with E-state index in [9.17, 15) is 4.57 Å². The zero-order chi connectivity index (χ0) is 26.3. The number of anilines is 4. The first-order valence-electron chi connectivity index (χ1n) is 12.7. The molecule has 0 spiro atoms. The molecule has 6 rings (SSSR count). The molecule has 4 aromatic rings. The van der Waals surface area contributed by atoms with Crippen LogP contribution in [-0.2, 0) is 4.57 Å². The molecule has 3 N–H and O–H groups in total. The number of halogens is 1. The lowest BCUT2D eigenvalue weighted by atomic mass is 9.85. The Morgan fingerprint density at radius 2 is 1.82 bits per heavy atom. The van der Waals surface area contributed by atoms with Gasteiger partial charge in [0.25, 0.3) is 0 Å². The summed E-state index contributed by atoms with van der Waals surface area (Å²) >= 11 is 6.45. The first-order chi connectivity index (χ1) is 18.3. The lowest BCUT2D eigenvalue weighted by Gasteiger charge is -2.44. The Labute approximate surface area is 225 Å². The SMILES string of the molecule is CP(C)(=O)c1c(Nc2nc(Nc3cnn(C4CC(N5CCNCC5)C4)c3)ncc2Cl)ccc2nccnc12. The van der Waals surface area contributed by atoms with E-state index in [1.165, 1.54) is 6.20 Å². The van der Waals surface area contributed by atoms with Crippen molar-refractivity contribution < 1.29 is 4.57 Å². The van der Waals surface area contributed by atoms with Gasteiger partial charge in [-0.2, -0.15) is 10.1 Å². The zero-order valence-corrected chi connectivity index (χ0v) is 23.0. The Morgan fingerprint density at radius 3 is 2.61 bits per heavy atom. The highest BCUT2D eigenvalue weighted by Crippen LogP contribution is 2.41. The van der Waals surface area contributed by atoms with Gasteiger partial charge >= 0.3 is 0 Å². The maximum atomic E-state index is 13.2. The highest BCUT2D eigenvalue weighted by atomic mass is 35.5. The molecule has 0 atom stereocenters. The fourth-order valence-corrected chi connectivity index (χ4v) is 6.69. The Morgan fingerprint density at radius 1 is 1.03 bits per heavy atom. The maximum absolute atomic E-state index is 13.2. The van der Waals surface area contributed by atoms with Gasteiger partial charge in [-0.05, 0) is 38.3 Å². The van der Waals surface area contributed by atoms with Gasteiger partial charge in [0.05, 0.1) is 40.6 Å². The molecule has 1 aliphatic carbocycles. The van der Waals surface area contributed by atoms with Crippen molar-refractivity contribution >= 4 is 58.2 Å². The molecule has 3 aromatic heterocycles. The van der Waals surface area contributed by atoms with Crippen LogP contribution in [0, 0.1) is 0 Å². The van der Waals surface area contributed by atoms with Crippen LogP contribution in [0.25, 0.3) is 11.0 Å². The van der Waals surface area contributed by atoms with Crippen molar-refractivity contribution in [2.45, 2.75) is 24.9 Å². The van der Waals surface area contributed by atoms with Crippen LogP contribution in [0.1, 0.15) is 18.9 Å². The average molecular weight is 553 g/mol. The Hall–Kier alpha value is -3.11. The van der Waals surface area contributed by atoms with Crippen LogP contribution in [0.15, 0.2) is 43.1 Å². The molecule has 0 amide bonds. The molecule has 1 aliphatic heterocycles. The summed E-state index contributed by atoms with van der Waals surface area (Å²) in [6, 6.07) is 4.71. The summed E-state index contributed by atoms with van der Waals surface area (Å²) in [5, 5.41) is 15.4. The first-order valence-corrected chi connectivity index (χ1v) is 15.7. The van der Waals surface area contributed by atoms with Gasteiger partial charge in [0, 0.05) is 50.8 Å². The van der Waals surface area contributed by atoms with Crippen LogP contribution in [0.3, 0.4) is 0 Å². The average Bonchev–Trinajstić information content (AvgIpc) is 3.32. The van der Waals surface area contributed by atoms with Crippen molar-refractivity contribution in [3.05, 3.63) is 48.1 Å². The van der Waals surface area contributed by atoms with E-state index in [1.54, 1.807) is 31.9 Å². The van der Waals surface area contributed by atoms with Crippen LogP contribution < -0.4 is 21.3 Å². The summed E-state index contributed by atoms with van der Waals surface area (Å²) in [7, 11) is -2.72. The predicted octanol–water partition coefficient (Wildman–Crippen LogP) is 3.61. The van der Waals surface area contributed by atoms with E-state index in [0.717, 1.165) is 44.7 Å². The van der Waals surface area contributed by atoms with Gasteiger partial charge in [0.1, 0.15) is 17.7 Å². The van der Waals surface area contributed by atoms with E-state index in [4.69, 9.17) is 11.6 Å². The molecule has 1 aromatic carbocycles. The Kier molecular flexibility index (Phi) is 6.77. The topological polar surface area (TPSA) is 126 Å². The molecule has 2 fully saturated rings. The van der Waals surface area contributed by atoms with Crippen molar-refractivity contribution in [3.63, 3.8) is 0 Å². The molecule has 198 valence electrons. The number of piperazine rings is 1. The van der Waals surface area contributed by atoms with E-state index < -0.39 is 7.14 Å². The molecule has 2 aliphatic rings. The molecule has 0 unspecified atom stereocenters. The molecule has 11 nitrogen and oxygen atoms in total. The van der Waals surface area contributed by atoms with Crippen LogP contribution >= 0.6 is 18.7 Å². The van der Waals surface area contributed by atoms with E-state index >= 15 is 0 Å². The van der Waals surface area contributed by atoms with Gasteiger partial charge in [-0.1, -0.05) is 11.6 Å². The minimum Gasteiger partial charge on any atom is -0.338 e. The van der Waals surface area contributed by atoms with Gasteiger partial charge < -0.3 is 20.5 Å². The molecular formula is C25H30ClN10OP. The molecule has 4 heterocycles. The van der Waals surface area contributed by atoms with E-state index in [0.29, 0.717) is 50.9 Å². The molecular weight excluding hydrogens is 523 g/mol. The molecule has 1 saturated heterocycles. The number of rotatable bonds is 7. The van der Waals surface area contributed by atoms with Crippen molar-refractivity contribution in [2.24, 2.45) is 0 Å².